The number of hydrogen-bond acceptors (Lipinski definition) is 5. The summed E-state index contributed by atoms with van der Waals surface area (Å²) in [6, 6.07) is 0. The van der Waals surface area contributed by atoms with Gasteiger partial charge in [0.25, 0.3) is 0 Å². The Kier molecular flexibility index (Phi) is 2.09. The molecule has 0 spiro atoms. The number of aliphatic hydroxyl groups is 2. The van der Waals surface area contributed by atoms with Crippen LogP contribution in [0.3, 0.4) is 0 Å². The number of methoxy groups -OCH3 is 1. The normalized spacial score (nSPS) is 51.4. The first-order valence-electron chi connectivity index (χ1n) is 6.08. The van der Waals surface area contributed by atoms with Crippen molar-refractivity contribution < 1.29 is 24.5 Å². The van der Waals surface area contributed by atoms with E-state index in [1.165, 1.54) is 7.11 Å². The molecule has 96 valence electrons. The second kappa shape index (κ2) is 3.14. The van der Waals surface area contributed by atoms with Crippen LogP contribution < -0.4 is 0 Å². The zero-order chi connectivity index (χ0) is 12.3. The molecule has 4 aliphatic rings. The summed E-state index contributed by atoms with van der Waals surface area (Å²) in [6.45, 7) is 0. The molecule has 2 atom stereocenters. The van der Waals surface area contributed by atoms with Crippen molar-refractivity contribution in [2.24, 2.45) is 5.92 Å². The van der Waals surface area contributed by atoms with Crippen LogP contribution in [0.5, 0.6) is 0 Å². The van der Waals surface area contributed by atoms with Crippen LogP contribution >= 0.6 is 0 Å². The van der Waals surface area contributed by atoms with Gasteiger partial charge < -0.3 is 19.7 Å². The molecule has 0 radical (unpaired) electrons. The molecule has 0 aliphatic heterocycles. The van der Waals surface area contributed by atoms with Crippen LogP contribution in [-0.2, 0) is 9.47 Å². The summed E-state index contributed by atoms with van der Waals surface area (Å²) >= 11 is 0. The summed E-state index contributed by atoms with van der Waals surface area (Å²) in [5.41, 5.74) is -2.47. The van der Waals surface area contributed by atoms with Crippen molar-refractivity contribution in [2.45, 2.75) is 55.3 Å². The summed E-state index contributed by atoms with van der Waals surface area (Å²) < 4.78 is 9.88. The van der Waals surface area contributed by atoms with Gasteiger partial charge in [-0.3, -0.25) is 0 Å². The van der Waals surface area contributed by atoms with E-state index in [2.05, 4.69) is 4.74 Å². The van der Waals surface area contributed by atoms with Crippen LogP contribution in [0.2, 0.25) is 0 Å². The molecule has 17 heavy (non-hydrogen) atoms. The van der Waals surface area contributed by atoms with Gasteiger partial charge in [-0.15, -0.1) is 0 Å². The fourth-order valence-corrected chi connectivity index (χ4v) is 4.58. The number of rotatable bonds is 1. The zero-order valence-electron chi connectivity index (χ0n) is 9.94. The fourth-order valence-electron chi connectivity index (χ4n) is 4.58. The summed E-state index contributed by atoms with van der Waals surface area (Å²) in [5.74, 6) is 0.242. The Morgan fingerprint density at radius 3 is 2.18 bits per heavy atom. The summed E-state index contributed by atoms with van der Waals surface area (Å²) in [5, 5.41) is 20.9. The molecule has 4 saturated carbocycles. The van der Waals surface area contributed by atoms with Crippen LogP contribution in [0.15, 0.2) is 0 Å². The Morgan fingerprint density at radius 2 is 1.71 bits per heavy atom. The highest BCUT2D eigenvalue weighted by molar-refractivity contribution is 5.60. The van der Waals surface area contributed by atoms with E-state index < -0.39 is 23.0 Å². The second-order valence-corrected chi connectivity index (χ2v) is 6.20. The van der Waals surface area contributed by atoms with Gasteiger partial charge in [0.1, 0.15) is 5.60 Å². The molecule has 2 N–H and O–H groups in total. The first-order valence-corrected chi connectivity index (χ1v) is 6.08. The molecule has 4 bridgehead atoms. The van der Waals surface area contributed by atoms with E-state index in [9.17, 15) is 15.0 Å². The third kappa shape index (κ3) is 1.72. The van der Waals surface area contributed by atoms with Crippen molar-refractivity contribution in [3.8, 4) is 0 Å². The van der Waals surface area contributed by atoms with Crippen LogP contribution in [0.25, 0.3) is 0 Å². The summed E-state index contributed by atoms with van der Waals surface area (Å²) in [7, 11) is 1.27. The minimum atomic E-state index is -0.873. The Labute approximate surface area is 99.7 Å². The summed E-state index contributed by atoms with van der Waals surface area (Å²) in [6.07, 6.45) is 2.68. The van der Waals surface area contributed by atoms with Gasteiger partial charge >= 0.3 is 6.16 Å². The van der Waals surface area contributed by atoms with Gasteiger partial charge in [-0.25, -0.2) is 4.79 Å². The predicted molar refractivity (Wildman–Crippen MR) is 57.3 cm³/mol. The lowest BCUT2D eigenvalue weighted by Crippen LogP contribution is -2.66. The molecule has 0 amide bonds. The molecule has 5 nitrogen and oxygen atoms in total. The third-order valence-corrected chi connectivity index (χ3v) is 4.43. The maximum atomic E-state index is 11.3. The van der Waals surface area contributed by atoms with Crippen LogP contribution in [0, 0.1) is 5.92 Å². The van der Waals surface area contributed by atoms with Crippen molar-refractivity contribution in [3.05, 3.63) is 0 Å². The molecule has 4 fully saturated rings. The highest BCUT2D eigenvalue weighted by Gasteiger charge is 2.64. The van der Waals surface area contributed by atoms with Crippen molar-refractivity contribution >= 4 is 6.16 Å². The highest BCUT2D eigenvalue weighted by atomic mass is 16.7. The topological polar surface area (TPSA) is 76.0 Å². The molecule has 5 heteroatoms. The van der Waals surface area contributed by atoms with Crippen molar-refractivity contribution in [3.63, 3.8) is 0 Å². The first-order chi connectivity index (χ1) is 7.86. The van der Waals surface area contributed by atoms with Gasteiger partial charge in [0.15, 0.2) is 0 Å². The monoisotopic (exact) mass is 242 g/mol. The lowest BCUT2D eigenvalue weighted by molar-refractivity contribution is -0.255. The number of ether oxygens (including phenoxy) is 2. The number of carbonyl (C=O) groups is 1. The second-order valence-electron chi connectivity index (χ2n) is 6.20. The van der Waals surface area contributed by atoms with Crippen LogP contribution in [0.1, 0.15) is 38.5 Å². The molecule has 0 aromatic carbocycles. The average molecular weight is 242 g/mol. The first kappa shape index (κ1) is 11.3. The largest absolute Gasteiger partial charge is 0.508 e. The van der Waals surface area contributed by atoms with Gasteiger partial charge in [-0.05, 0) is 25.2 Å². The maximum Gasteiger partial charge on any atom is 0.508 e. The SMILES string of the molecule is COC(=O)OC12CC3CC(O)(CC(O)(C3)C1)C2. The number of carbonyl (C=O) groups excluding carboxylic acids is 1. The van der Waals surface area contributed by atoms with Crippen molar-refractivity contribution in [1.82, 2.24) is 0 Å². The molecule has 0 aromatic heterocycles. The van der Waals surface area contributed by atoms with E-state index in [-0.39, 0.29) is 5.92 Å². The van der Waals surface area contributed by atoms with Crippen LogP contribution in [-0.4, -0.2) is 40.3 Å². The van der Waals surface area contributed by atoms with Gasteiger partial charge in [-0.2, -0.15) is 0 Å². The van der Waals surface area contributed by atoms with E-state index in [0.29, 0.717) is 32.1 Å². The van der Waals surface area contributed by atoms with Crippen LogP contribution in [0.4, 0.5) is 4.79 Å². The van der Waals surface area contributed by atoms with Gasteiger partial charge in [0, 0.05) is 19.3 Å². The molecule has 2 unspecified atom stereocenters. The van der Waals surface area contributed by atoms with Crippen molar-refractivity contribution in [1.29, 1.82) is 0 Å². The minimum absolute atomic E-state index is 0.242. The third-order valence-electron chi connectivity index (χ3n) is 4.43. The lowest BCUT2D eigenvalue weighted by Gasteiger charge is -2.61. The quantitative estimate of drug-likeness (QED) is 0.670. The van der Waals surface area contributed by atoms with E-state index >= 15 is 0 Å². The molecular weight excluding hydrogens is 224 g/mol. The Morgan fingerprint density at radius 1 is 1.12 bits per heavy atom. The molecule has 0 aromatic rings. The van der Waals surface area contributed by atoms with Gasteiger partial charge in [0.05, 0.1) is 18.3 Å². The molecule has 0 heterocycles. The molecule has 0 saturated heterocycles. The predicted octanol–water partition coefficient (Wildman–Crippen LogP) is 0.968. The Bertz CT molecular complexity index is 348. The Balaban J connectivity index is 1.89. The average Bonchev–Trinajstić information content (AvgIpc) is 2.10. The maximum absolute atomic E-state index is 11.3. The Hall–Kier alpha value is -0.810. The molecule has 4 aliphatic carbocycles. The van der Waals surface area contributed by atoms with E-state index in [0.717, 1.165) is 6.42 Å². The minimum Gasteiger partial charge on any atom is -0.438 e. The zero-order valence-corrected chi connectivity index (χ0v) is 9.94. The van der Waals surface area contributed by atoms with E-state index in [4.69, 9.17) is 4.74 Å². The molecule has 4 rings (SSSR count). The summed E-state index contributed by atoms with van der Waals surface area (Å²) in [4.78, 5) is 11.3. The molecular formula is C12H18O5. The van der Waals surface area contributed by atoms with Gasteiger partial charge in [-0.1, -0.05) is 0 Å². The lowest BCUT2D eigenvalue weighted by atomic mass is 9.50. The van der Waals surface area contributed by atoms with E-state index in [1.54, 1.807) is 0 Å². The standard InChI is InChI=1S/C12H18O5/c1-16-9(13)17-12-4-8-2-10(14,6-12)5-11(15,3-8)7-12/h8,14-15H,2-7H2,1H3. The fraction of sp³-hybridized carbons (Fsp3) is 0.917. The number of hydrogen-bond donors (Lipinski definition) is 2. The van der Waals surface area contributed by atoms with Gasteiger partial charge in [0.2, 0.25) is 0 Å². The van der Waals surface area contributed by atoms with E-state index in [1.807, 2.05) is 0 Å². The van der Waals surface area contributed by atoms with Crippen molar-refractivity contribution in [2.75, 3.05) is 7.11 Å². The smallest absolute Gasteiger partial charge is 0.438 e. The highest BCUT2D eigenvalue weighted by Crippen LogP contribution is 2.60.